The van der Waals surface area contributed by atoms with E-state index < -0.39 is 23.2 Å². The zero-order chi connectivity index (χ0) is 16.3. The Morgan fingerprint density at radius 2 is 1.65 bits per heavy atom. The number of hydrogen-bond donors (Lipinski definition) is 1. The zero-order valence-electron chi connectivity index (χ0n) is 12.6. The number of rotatable bonds is 1. The summed E-state index contributed by atoms with van der Waals surface area (Å²) in [6.45, 7) is 2.15. The lowest BCUT2D eigenvalue weighted by Crippen LogP contribution is -2.09. The maximum atomic E-state index is 14.9. The van der Waals surface area contributed by atoms with Crippen LogP contribution in [0.5, 0.6) is 5.75 Å². The minimum atomic E-state index is -1.33. The van der Waals surface area contributed by atoms with E-state index in [9.17, 15) is 18.3 Å². The second-order valence-electron chi connectivity index (χ2n) is 6.40. The molecule has 0 amide bonds. The molecule has 2 aliphatic rings. The molecule has 0 aromatic heterocycles. The van der Waals surface area contributed by atoms with Gasteiger partial charge in [-0.1, -0.05) is 25.1 Å². The van der Waals surface area contributed by atoms with Crippen molar-refractivity contribution >= 4 is 5.57 Å². The van der Waals surface area contributed by atoms with E-state index in [1.165, 1.54) is 0 Å². The average molecular weight is 316 g/mol. The van der Waals surface area contributed by atoms with Crippen LogP contribution in [0.3, 0.4) is 0 Å². The standard InChI is InChI=1S/C19H15F3O/c1-9-2-4-10(5-3-9)11-6-7-12-13-8-14(23)18(21)19(22)16(13)15(12)17(11)20/h4,6-9,23H,2-3,5H2,1H3. The topological polar surface area (TPSA) is 20.2 Å². The van der Waals surface area contributed by atoms with E-state index in [-0.39, 0.29) is 11.1 Å². The van der Waals surface area contributed by atoms with Crippen molar-refractivity contribution in [3.63, 3.8) is 0 Å². The molecule has 1 nitrogen and oxygen atoms in total. The van der Waals surface area contributed by atoms with Crippen molar-refractivity contribution in [3.8, 4) is 28.0 Å². The lowest BCUT2D eigenvalue weighted by Gasteiger charge is -2.28. The van der Waals surface area contributed by atoms with Crippen molar-refractivity contribution in [2.45, 2.75) is 26.2 Å². The minimum Gasteiger partial charge on any atom is -0.505 e. The fourth-order valence-electron chi connectivity index (χ4n) is 3.51. The number of phenolic OH excluding ortho intramolecular Hbond substituents is 1. The molecule has 2 aromatic carbocycles. The van der Waals surface area contributed by atoms with Gasteiger partial charge in [0.05, 0.1) is 0 Å². The molecule has 1 atom stereocenters. The minimum absolute atomic E-state index is 0.0700. The molecule has 0 heterocycles. The molecule has 4 rings (SSSR count). The number of allylic oxidation sites excluding steroid dienone is 2. The van der Waals surface area contributed by atoms with Gasteiger partial charge in [-0.2, -0.15) is 4.39 Å². The van der Waals surface area contributed by atoms with E-state index in [0.29, 0.717) is 22.6 Å². The van der Waals surface area contributed by atoms with Gasteiger partial charge in [-0.3, -0.25) is 0 Å². The fraction of sp³-hybridized carbons (Fsp3) is 0.263. The van der Waals surface area contributed by atoms with Gasteiger partial charge < -0.3 is 5.11 Å². The van der Waals surface area contributed by atoms with E-state index in [0.717, 1.165) is 30.9 Å². The molecular weight excluding hydrogens is 301 g/mol. The fourth-order valence-corrected chi connectivity index (χ4v) is 3.51. The Bertz CT molecular complexity index is 868. The van der Waals surface area contributed by atoms with Crippen LogP contribution in [0.15, 0.2) is 24.3 Å². The summed E-state index contributed by atoms with van der Waals surface area (Å²) >= 11 is 0. The van der Waals surface area contributed by atoms with E-state index in [4.69, 9.17) is 0 Å². The molecule has 2 aliphatic carbocycles. The third-order valence-electron chi connectivity index (χ3n) is 4.89. The number of phenols is 1. The number of hydrogen-bond acceptors (Lipinski definition) is 1. The summed E-state index contributed by atoms with van der Waals surface area (Å²) in [7, 11) is 0. The molecule has 2 aromatic rings. The van der Waals surface area contributed by atoms with Gasteiger partial charge in [0.2, 0.25) is 5.82 Å². The van der Waals surface area contributed by atoms with Gasteiger partial charge in [-0.05, 0) is 47.9 Å². The number of benzene rings is 2. The molecule has 1 unspecified atom stereocenters. The van der Waals surface area contributed by atoms with Crippen LogP contribution in [0.1, 0.15) is 31.7 Å². The summed E-state index contributed by atoms with van der Waals surface area (Å²) in [5.74, 6) is -3.18. The van der Waals surface area contributed by atoms with Gasteiger partial charge in [-0.25, -0.2) is 8.78 Å². The Morgan fingerprint density at radius 3 is 2.35 bits per heavy atom. The smallest absolute Gasteiger partial charge is 0.201 e. The van der Waals surface area contributed by atoms with Gasteiger partial charge in [-0.15, -0.1) is 0 Å². The highest BCUT2D eigenvalue weighted by atomic mass is 19.2. The summed E-state index contributed by atoms with van der Waals surface area (Å²) in [4.78, 5) is 0. The highest BCUT2D eigenvalue weighted by Crippen LogP contribution is 2.53. The summed E-state index contributed by atoms with van der Waals surface area (Å²) in [5.41, 5.74) is 2.31. The summed E-state index contributed by atoms with van der Waals surface area (Å²) < 4.78 is 42.5. The van der Waals surface area contributed by atoms with Crippen LogP contribution >= 0.6 is 0 Å². The van der Waals surface area contributed by atoms with Crippen LogP contribution in [0.25, 0.3) is 27.8 Å². The lowest BCUT2D eigenvalue weighted by molar-refractivity contribution is 0.408. The predicted octanol–water partition coefficient (Wildman–Crippen LogP) is 5.66. The second kappa shape index (κ2) is 4.88. The first-order valence-corrected chi connectivity index (χ1v) is 7.72. The van der Waals surface area contributed by atoms with E-state index in [2.05, 4.69) is 6.92 Å². The van der Waals surface area contributed by atoms with E-state index in [1.807, 2.05) is 6.08 Å². The lowest BCUT2D eigenvalue weighted by atomic mass is 9.77. The Kier molecular flexibility index (Phi) is 3.05. The molecule has 0 aliphatic heterocycles. The maximum absolute atomic E-state index is 14.9. The third kappa shape index (κ3) is 1.94. The van der Waals surface area contributed by atoms with Crippen LogP contribution in [0.2, 0.25) is 0 Å². The van der Waals surface area contributed by atoms with Crippen molar-refractivity contribution in [1.29, 1.82) is 0 Å². The molecule has 0 bridgehead atoms. The normalized spacial score (nSPS) is 18.8. The first-order chi connectivity index (χ1) is 11.0. The van der Waals surface area contributed by atoms with Crippen LogP contribution in [-0.2, 0) is 0 Å². The summed E-state index contributed by atoms with van der Waals surface area (Å²) in [6.07, 6.45) is 4.72. The van der Waals surface area contributed by atoms with Crippen molar-refractivity contribution in [2.75, 3.05) is 0 Å². The number of fused-ring (bicyclic) bond motifs is 4. The highest BCUT2D eigenvalue weighted by molar-refractivity contribution is 6.04. The Hall–Kier alpha value is -2.23. The quantitative estimate of drug-likeness (QED) is 0.614. The molecule has 23 heavy (non-hydrogen) atoms. The molecule has 0 saturated heterocycles. The third-order valence-corrected chi connectivity index (χ3v) is 4.89. The van der Waals surface area contributed by atoms with Crippen molar-refractivity contribution in [2.24, 2.45) is 5.92 Å². The largest absolute Gasteiger partial charge is 0.505 e. The highest BCUT2D eigenvalue weighted by Gasteiger charge is 2.34. The molecule has 118 valence electrons. The predicted molar refractivity (Wildman–Crippen MR) is 83.4 cm³/mol. The second-order valence-corrected chi connectivity index (χ2v) is 6.40. The van der Waals surface area contributed by atoms with E-state index >= 15 is 0 Å². The Morgan fingerprint density at radius 1 is 0.957 bits per heavy atom. The summed E-state index contributed by atoms with van der Waals surface area (Å²) in [6, 6.07) is 4.56. The van der Waals surface area contributed by atoms with Crippen LogP contribution in [0.4, 0.5) is 13.2 Å². The van der Waals surface area contributed by atoms with Crippen LogP contribution < -0.4 is 0 Å². The Balaban J connectivity index is 1.85. The van der Waals surface area contributed by atoms with Gasteiger partial charge in [0.15, 0.2) is 11.6 Å². The first-order valence-electron chi connectivity index (χ1n) is 7.72. The van der Waals surface area contributed by atoms with Gasteiger partial charge in [0.25, 0.3) is 0 Å². The molecule has 0 radical (unpaired) electrons. The van der Waals surface area contributed by atoms with E-state index in [1.54, 1.807) is 12.1 Å². The van der Waals surface area contributed by atoms with Crippen LogP contribution in [-0.4, -0.2) is 5.11 Å². The SMILES string of the molecule is CC1CC=C(c2ccc3c(c2F)-c2c-3cc(O)c(F)c2F)CC1. The molecule has 0 saturated carbocycles. The van der Waals surface area contributed by atoms with Gasteiger partial charge in [0.1, 0.15) is 5.82 Å². The van der Waals surface area contributed by atoms with Gasteiger partial charge >= 0.3 is 0 Å². The van der Waals surface area contributed by atoms with Gasteiger partial charge in [0, 0.05) is 16.7 Å². The van der Waals surface area contributed by atoms with Crippen molar-refractivity contribution < 1.29 is 18.3 Å². The van der Waals surface area contributed by atoms with Crippen molar-refractivity contribution in [1.82, 2.24) is 0 Å². The maximum Gasteiger partial charge on any atom is 0.201 e. The van der Waals surface area contributed by atoms with Crippen LogP contribution in [0, 0.1) is 23.4 Å². The zero-order valence-corrected chi connectivity index (χ0v) is 12.6. The molecule has 1 N–H and O–H groups in total. The molecule has 0 spiro atoms. The number of aromatic hydroxyl groups is 1. The molecular formula is C19H15F3O. The molecule has 0 fully saturated rings. The summed E-state index contributed by atoms with van der Waals surface area (Å²) in [5, 5.41) is 9.40. The molecule has 4 heteroatoms. The number of halogens is 3. The first kappa shape index (κ1) is 14.4. The average Bonchev–Trinajstić information content (AvgIpc) is 2.52. The monoisotopic (exact) mass is 316 g/mol. The Labute approximate surface area is 132 Å². The van der Waals surface area contributed by atoms with Crippen molar-refractivity contribution in [3.05, 3.63) is 47.3 Å².